The number of amides is 1. The molecule has 0 bridgehead atoms. The lowest BCUT2D eigenvalue weighted by atomic mass is 10.3. The van der Waals surface area contributed by atoms with E-state index in [9.17, 15) is 9.59 Å². The van der Waals surface area contributed by atoms with Crippen LogP contribution in [0.3, 0.4) is 0 Å². The molecule has 0 saturated heterocycles. The summed E-state index contributed by atoms with van der Waals surface area (Å²) < 4.78 is 5.19. The predicted molar refractivity (Wildman–Crippen MR) is 66.0 cm³/mol. The fourth-order valence-electron chi connectivity index (χ4n) is 1.39. The highest BCUT2D eigenvalue weighted by molar-refractivity contribution is 7.14. The van der Waals surface area contributed by atoms with Gasteiger partial charge in [0, 0.05) is 19.2 Å². The van der Waals surface area contributed by atoms with Gasteiger partial charge < -0.3 is 4.42 Å². The first-order valence-electron chi connectivity index (χ1n) is 5.19. The van der Waals surface area contributed by atoms with Crippen molar-refractivity contribution >= 4 is 28.2 Å². The molecule has 18 heavy (non-hydrogen) atoms. The van der Waals surface area contributed by atoms with Gasteiger partial charge in [0.25, 0.3) is 5.91 Å². The number of thiazole rings is 1. The molecule has 2 aromatic heterocycles. The molecule has 0 unspecified atom stereocenters. The first-order valence-corrected chi connectivity index (χ1v) is 6.07. The third kappa shape index (κ3) is 2.45. The normalized spacial score (nSPS) is 10.4. The summed E-state index contributed by atoms with van der Waals surface area (Å²) >= 11 is 1.19. The quantitative estimate of drug-likeness (QED) is 0.860. The number of hydrogen-bond acceptors (Lipinski definition) is 6. The molecule has 0 atom stereocenters. The van der Waals surface area contributed by atoms with Gasteiger partial charge >= 0.3 is 0 Å². The zero-order valence-corrected chi connectivity index (χ0v) is 10.9. The van der Waals surface area contributed by atoms with Gasteiger partial charge in [0.05, 0.1) is 5.69 Å². The van der Waals surface area contributed by atoms with Crippen LogP contribution in [0, 0.1) is 13.8 Å². The number of carbonyl (C=O) groups is 2. The number of nitrogens with zero attached hydrogens (tertiary/aromatic N) is 2. The van der Waals surface area contributed by atoms with Gasteiger partial charge in [-0.3, -0.25) is 14.9 Å². The minimum absolute atomic E-state index is 0.140. The molecule has 6 nitrogen and oxygen atoms in total. The number of aromatic nitrogens is 2. The second kappa shape index (κ2) is 4.69. The summed E-state index contributed by atoms with van der Waals surface area (Å²) in [5.74, 6) is 0.0317. The van der Waals surface area contributed by atoms with E-state index in [1.165, 1.54) is 18.3 Å². The van der Waals surface area contributed by atoms with Crippen molar-refractivity contribution in [1.29, 1.82) is 0 Å². The van der Waals surface area contributed by atoms with E-state index in [1.54, 1.807) is 19.2 Å². The van der Waals surface area contributed by atoms with Crippen LogP contribution >= 0.6 is 11.3 Å². The van der Waals surface area contributed by atoms with Crippen molar-refractivity contribution in [1.82, 2.24) is 9.97 Å². The molecule has 0 aliphatic carbocycles. The second-order valence-electron chi connectivity index (χ2n) is 3.70. The molecule has 1 amide bonds. The minimum atomic E-state index is -0.419. The summed E-state index contributed by atoms with van der Waals surface area (Å²) in [5, 5.41) is 4.52. The Morgan fingerprint density at radius 3 is 2.56 bits per heavy atom. The van der Waals surface area contributed by atoms with Crippen LogP contribution in [0.5, 0.6) is 0 Å². The molecule has 0 aromatic carbocycles. The topological polar surface area (TPSA) is 85.1 Å². The second-order valence-corrected chi connectivity index (χ2v) is 4.55. The fraction of sp³-hybridized carbons (Fsp3) is 0.273. The summed E-state index contributed by atoms with van der Waals surface area (Å²) in [6, 6.07) is 0. The molecule has 0 aliphatic rings. The zero-order chi connectivity index (χ0) is 13.3. The number of rotatable bonds is 3. The smallest absolute Gasteiger partial charge is 0.295 e. The number of oxazole rings is 1. The van der Waals surface area contributed by atoms with Crippen LogP contribution < -0.4 is 5.32 Å². The molecule has 0 spiro atoms. The molecule has 2 heterocycles. The van der Waals surface area contributed by atoms with E-state index in [0.29, 0.717) is 22.4 Å². The van der Waals surface area contributed by atoms with Gasteiger partial charge in [0.2, 0.25) is 5.76 Å². The van der Waals surface area contributed by atoms with Crippen molar-refractivity contribution in [2.24, 2.45) is 0 Å². The molecule has 0 radical (unpaired) electrons. The van der Waals surface area contributed by atoms with Crippen molar-refractivity contribution in [3.8, 4) is 0 Å². The average Bonchev–Trinajstić information content (AvgIpc) is 2.85. The van der Waals surface area contributed by atoms with E-state index in [1.807, 2.05) is 0 Å². The number of Topliss-reactive ketones (excluding diaryl/α,β-unsaturated/α-hetero) is 1. The fourth-order valence-corrected chi connectivity index (χ4v) is 2.13. The Hall–Kier alpha value is -2.02. The number of ketones is 1. The molecule has 0 saturated carbocycles. The van der Waals surface area contributed by atoms with E-state index >= 15 is 0 Å². The Balaban J connectivity index is 2.16. The Kier molecular flexibility index (Phi) is 3.24. The van der Waals surface area contributed by atoms with Crippen LogP contribution in [0.25, 0.3) is 0 Å². The van der Waals surface area contributed by atoms with Crippen LogP contribution in [0.15, 0.2) is 9.80 Å². The lowest BCUT2D eigenvalue weighted by Crippen LogP contribution is -2.12. The van der Waals surface area contributed by atoms with E-state index in [0.717, 1.165) is 0 Å². The Labute approximate surface area is 107 Å². The third-order valence-electron chi connectivity index (χ3n) is 2.20. The number of hydrogen-bond donors (Lipinski definition) is 1. The molecule has 2 aromatic rings. The highest BCUT2D eigenvalue weighted by Crippen LogP contribution is 2.18. The molecule has 1 N–H and O–H groups in total. The largest absolute Gasteiger partial charge is 0.436 e. The van der Waals surface area contributed by atoms with Gasteiger partial charge in [-0.2, -0.15) is 0 Å². The maximum absolute atomic E-state index is 11.9. The van der Waals surface area contributed by atoms with E-state index in [2.05, 4.69) is 15.3 Å². The maximum atomic E-state index is 11.9. The van der Waals surface area contributed by atoms with Crippen LogP contribution in [0.1, 0.15) is 39.6 Å². The number of aryl methyl sites for hydroxylation is 2. The van der Waals surface area contributed by atoms with Crippen molar-refractivity contribution in [3.05, 3.63) is 28.4 Å². The molecular weight excluding hydrogens is 254 g/mol. The van der Waals surface area contributed by atoms with Crippen LogP contribution in [0.2, 0.25) is 0 Å². The predicted octanol–water partition coefficient (Wildman–Crippen LogP) is 2.20. The summed E-state index contributed by atoms with van der Waals surface area (Å²) in [7, 11) is 0. The number of carbonyl (C=O) groups excluding carboxylic acids is 2. The Bertz CT molecular complexity index is 615. The molecule has 0 aliphatic heterocycles. The summed E-state index contributed by atoms with van der Waals surface area (Å²) in [5.41, 5.74) is 0.856. The average molecular weight is 265 g/mol. The van der Waals surface area contributed by atoms with Gasteiger partial charge in [-0.25, -0.2) is 9.97 Å². The molecule has 2 rings (SSSR count). The SMILES string of the molecule is CC(=O)c1csc(NC(=O)c2oc(C)nc2C)n1. The summed E-state index contributed by atoms with van der Waals surface area (Å²) in [4.78, 5) is 30.9. The zero-order valence-electron chi connectivity index (χ0n) is 10.1. The van der Waals surface area contributed by atoms with Crippen LogP contribution in [0.4, 0.5) is 5.13 Å². The standard InChI is InChI=1S/C11H11N3O3S/c1-5-9(17-7(3)12-5)10(16)14-11-13-8(4-18-11)6(2)15/h4H,1-3H3,(H,13,14,16). The first kappa shape index (κ1) is 12.4. The van der Waals surface area contributed by atoms with E-state index in [4.69, 9.17) is 4.42 Å². The van der Waals surface area contributed by atoms with Crippen molar-refractivity contribution in [2.75, 3.05) is 5.32 Å². The number of nitrogens with one attached hydrogen (secondary N) is 1. The van der Waals surface area contributed by atoms with Gasteiger partial charge in [0.1, 0.15) is 5.69 Å². The summed E-state index contributed by atoms with van der Waals surface area (Å²) in [6.45, 7) is 4.78. The van der Waals surface area contributed by atoms with Crippen LogP contribution in [-0.4, -0.2) is 21.7 Å². The summed E-state index contributed by atoms with van der Waals surface area (Å²) in [6.07, 6.45) is 0. The lowest BCUT2D eigenvalue weighted by molar-refractivity contribution is 0.0989. The lowest BCUT2D eigenvalue weighted by Gasteiger charge is -1.97. The van der Waals surface area contributed by atoms with Gasteiger partial charge in [-0.15, -0.1) is 11.3 Å². The Morgan fingerprint density at radius 1 is 1.33 bits per heavy atom. The minimum Gasteiger partial charge on any atom is -0.436 e. The van der Waals surface area contributed by atoms with Crippen molar-refractivity contribution in [2.45, 2.75) is 20.8 Å². The van der Waals surface area contributed by atoms with Crippen LogP contribution in [-0.2, 0) is 0 Å². The molecule has 0 fully saturated rings. The first-order chi connectivity index (χ1) is 8.47. The van der Waals surface area contributed by atoms with Gasteiger partial charge in [-0.05, 0) is 6.92 Å². The highest BCUT2D eigenvalue weighted by Gasteiger charge is 2.17. The van der Waals surface area contributed by atoms with E-state index in [-0.39, 0.29) is 11.5 Å². The molecule has 7 heteroatoms. The monoisotopic (exact) mass is 265 g/mol. The Morgan fingerprint density at radius 2 is 2.06 bits per heavy atom. The van der Waals surface area contributed by atoms with Gasteiger partial charge in [0.15, 0.2) is 16.8 Å². The number of anilines is 1. The van der Waals surface area contributed by atoms with Crippen molar-refractivity contribution in [3.63, 3.8) is 0 Å². The van der Waals surface area contributed by atoms with Gasteiger partial charge in [-0.1, -0.05) is 0 Å². The molecular formula is C11H11N3O3S. The third-order valence-corrected chi connectivity index (χ3v) is 2.95. The van der Waals surface area contributed by atoms with Crippen molar-refractivity contribution < 1.29 is 14.0 Å². The highest BCUT2D eigenvalue weighted by atomic mass is 32.1. The van der Waals surface area contributed by atoms with E-state index < -0.39 is 5.91 Å². The maximum Gasteiger partial charge on any atom is 0.295 e. The molecule has 94 valence electrons.